The second-order valence-corrected chi connectivity index (χ2v) is 6.67. The Morgan fingerprint density at radius 1 is 0.308 bits per heavy atom. The van der Waals surface area contributed by atoms with Crippen molar-refractivity contribution in [1.29, 1.82) is 0 Å². The van der Waals surface area contributed by atoms with Crippen molar-refractivity contribution in [3.05, 3.63) is 109 Å². The molecule has 0 N–H and O–H groups in total. The monoisotopic (exact) mass is 330 g/mol. The second kappa shape index (κ2) is 6.16. The fraction of sp³-hybridized carbons (Fsp3) is 0. The van der Waals surface area contributed by atoms with Gasteiger partial charge in [-0.1, -0.05) is 91.0 Å². The van der Waals surface area contributed by atoms with Gasteiger partial charge in [0.1, 0.15) is 0 Å². The first-order chi connectivity index (χ1) is 12.9. The lowest BCUT2D eigenvalue weighted by molar-refractivity contribution is 1.62. The van der Waals surface area contributed by atoms with Gasteiger partial charge < -0.3 is 0 Å². The minimum Gasteiger partial charge on any atom is -0.0622 e. The maximum absolute atomic E-state index is 2.32. The molecule has 0 aliphatic carbocycles. The second-order valence-electron chi connectivity index (χ2n) is 6.67. The standard InChI is InChI=1S/C26H18/c1-2-9-20(10-3-1)25-17-22-12-6-7-13-23(22)18-26(25)24-15-14-19-8-4-5-11-21(19)16-24/h1-18H. The van der Waals surface area contributed by atoms with Gasteiger partial charge in [-0.05, 0) is 62.0 Å². The van der Waals surface area contributed by atoms with Crippen LogP contribution >= 0.6 is 0 Å². The van der Waals surface area contributed by atoms with E-state index in [0.717, 1.165) is 0 Å². The molecule has 5 rings (SSSR count). The molecule has 122 valence electrons. The molecule has 0 aliphatic rings. The minimum absolute atomic E-state index is 1.25. The van der Waals surface area contributed by atoms with E-state index < -0.39 is 0 Å². The van der Waals surface area contributed by atoms with E-state index in [2.05, 4.69) is 109 Å². The zero-order chi connectivity index (χ0) is 17.3. The van der Waals surface area contributed by atoms with Crippen molar-refractivity contribution in [3.63, 3.8) is 0 Å². The number of benzene rings is 5. The van der Waals surface area contributed by atoms with E-state index in [9.17, 15) is 0 Å². The van der Waals surface area contributed by atoms with E-state index in [4.69, 9.17) is 0 Å². The lowest BCUT2D eigenvalue weighted by atomic mass is 9.90. The summed E-state index contributed by atoms with van der Waals surface area (Å²) in [6, 6.07) is 39.2. The van der Waals surface area contributed by atoms with Gasteiger partial charge in [0.25, 0.3) is 0 Å². The third kappa shape index (κ3) is 2.57. The third-order valence-electron chi connectivity index (χ3n) is 5.03. The summed E-state index contributed by atoms with van der Waals surface area (Å²) in [5.41, 5.74) is 5.06. The molecule has 0 bridgehead atoms. The average Bonchev–Trinajstić information content (AvgIpc) is 2.73. The Hall–Kier alpha value is -3.38. The fourth-order valence-corrected chi connectivity index (χ4v) is 3.69. The molecule has 5 aromatic rings. The van der Waals surface area contributed by atoms with Crippen LogP contribution in [0.5, 0.6) is 0 Å². The van der Waals surface area contributed by atoms with Crippen LogP contribution in [0.4, 0.5) is 0 Å². The summed E-state index contributed by atoms with van der Waals surface area (Å²) in [5, 5.41) is 5.10. The summed E-state index contributed by atoms with van der Waals surface area (Å²) in [6.07, 6.45) is 0. The summed E-state index contributed by atoms with van der Waals surface area (Å²) in [4.78, 5) is 0. The van der Waals surface area contributed by atoms with E-state index in [1.807, 2.05) is 0 Å². The predicted octanol–water partition coefficient (Wildman–Crippen LogP) is 7.33. The highest BCUT2D eigenvalue weighted by atomic mass is 14.1. The summed E-state index contributed by atoms with van der Waals surface area (Å²) in [7, 11) is 0. The van der Waals surface area contributed by atoms with E-state index in [0.29, 0.717) is 0 Å². The van der Waals surface area contributed by atoms with E-state index >= 15 is 0 Å². The lowest BCUT2D eigenvalue weighted by Gasteiger charge is -2.13. The molecule has 0 saturated carbocycles. The van der Waals surface area contributed by atoms with Crippen molar-refractivity contribution >= 4 is 21.5 Å². The Kier molecular flexibility index (Phi) is 3.54. The van der Waals surface area contributed by atoms with Gasteiger partial charge in [0.2, 0.25) is 0 Å². The first kappa shape index (κ1) is 14.9. The van der Waals surface area contributed by atoms with Gasteiger partial charge in [-0.3, -0.25) is 0 Å². The molecule has 0 radical (unpaired) electrons. The van der Waals surface area contributed by atoms with Crippen LogP contribution in [0.3, 0.4) is 0 Å². The Labute approximate surface area is 153 Å². The first-order valence-corrected chi connectivity index (χ1v) is 8.96. The zero-order valence-electron chi connectivity index (χ0n) is 14.4. The normalized spacial score (nSPS) is 11.1. The molecule has 0 heteroatoms. The molecule has 5 aromatic carbocycles. The molecular weight excluding hydrogens is 312 g/mol. The van der Waals surface area contributed by atoms with Crippen LogP contribution in [0.15, 0.2) is 109 Å². The molecule has 0 atom stereocenters. The largest absolute Gasteiger partial charge is 0.0622 e. The molecule has 0 saturated heterocycles. The number of hydrogen-bond acceptors (Lipinski definition) is 0. The van der Waals surface area contributed by atoms with Crippen molar-refractivity contribution in [3.8, 4) is 22.3 Å². The zero-order valence-corrected chi connectivity index (χ0v) is 14.4. The first-order valence-electron chi connectivity index (χ1n) is 8.96. The van der Waals surface area contributed by atoms with Crippen LogP contribution in [0.1, 0.15) is 0 Å². The van der Waals surface area contributed by atoms with Crippen molar-refractivity contribution in [1.82, 2.24) is 0 Å². The van der Waals surface area contributed by atoms with Gasteiger partial charge in [0.15, 0.2) is 0 Å². The molecule has 0 aliphatic heterocycles. The number of fused-ring (bicyclic) bond motifs is 2. The average molecular weight is 330 g/mol. The van der Waals surface area contributed by atoms with Gasteiger partial charge in [-0.25, -0.2) is 0 Å². The van der Waals surface area contributed by atoms with Crippen LogP contribution in [0, 0.1) is 0 Å². The quantitative estimate of drug-likeness (QED) is 0.318. The predicted molar refractivity (Wildman–Crippen MR) is 112 cm³/mol. The highest BCUT2D eigenvalue weighted by Crippen LogP contribution is 2.36. The molecule has 0 nitrogen and oxygen atoms in total. The highest BCUT2D eigenvalue weighted by molar-refractivity contribution is 5.98. The number of hydrogen-bond donors (Lipinski definition) is 0. The van der Waals surface area contributed by atoms with Gasteiger partial charge in [-0.2, -0.15) is 0 Å². The molecule has 0 heterocycles. The molecule has 0 aromatic heterocycles. The lowest BCUT2D eigenvalue weighted by Crippen LogP contribution is -1.87. The van der Waals surface area contributed by atoms with Crippen molar-refractivity contribution < 1.29 is 0 Å². The molecular formula is C26H18. The van der Waals surface area contributed by atoms with Crippen LogP contribution in [-0.2, 0) is 0 Å². The Balaban J connectivity index is 1.81. The Morgan fingerprint density at radius 2 is 0.808 bits per heavy atom. The summed E-state index contributed by atoms with van der Waals surface area (Å²) in [5.74, 6) is 0. The minimum atomic E-state index is 1.25. The van der Waals surface area contributed by atoms with Gasteiger partial charge in [0.05, 0.1) is 0 Å². The van der Waals surface area contributed by atoms with Crippen molar-refractivity contribution in [2.24, 2.45) is 0 Å². The molecule has 0 fully saturated rings. The smallest absolute Gasteiger partial charge is 0.00988 e. The van der Waals surface area contributed by atoms with Crippen LogP contribution in [-0.4, -0.2) is 0 Å². The topological polar surface area (TPSA) is 0 Å². The molecule has 0 amide bonds. The van der Waals surface area contributed by atoms with Crippen LogP contribution < -0.4 is 0 Å². The van der Waals surface area contributed by atoms with E-state index in [1.165, 1.54) is 43.8 Å². The Morgan fingerprint density at radius 3 is 1.46 bits per heavy atom. The maximum atomic E-state index is 2.32. The van der Waals surface area contributed by atoms with Crippen LogP contribution in [0.25, 0.3) is 43.8 Å². The summed E-state index contributed by atoms with van der Waals surface area (Å²) < 4.78 is 0. The van der Waals surface area contributed by atoms with Crippen LogP contribution in [0.2, 0.25) is 0 Å². The summed E-state index contributed by atoms with van der Waals surface area (Å²) >= 11 is 0. The number of rotatable bonds is 2. The fourth-order valence-electron chi connectivity index (χ4n) is 3.69. The summed E-state index contributed by atoms with van der Waals surface area (Å²) in [6.45, 7) is 0. The van der Waals surface area contributed by atoms with E-state index in [-0.39, 0.29) is 0 Å². The SMILES string of the molecule is c1ccc(-c2cc3ccccc3cc2-c2ccc3ccccc3c2)cc1. The van der Waals surface area contributed by atoms with Crippen molar-refractivity contribution in [2.45, 2.75) is 0 Å². The van der Waals surface area contributed by atoms with Gasteiger partial charge in [0, 0.05) is 0 Å². The molecule has 26 heavy (non-hydrogen) atoms. The highest BCUT2D eigenvalue weighted by Gasteiger charge is 2.10. The Bertz CT molecular complexity index is 1220. The third-order valence-corrected chi connectivity index (χ3v) is 5.03. The van der Waals surface area contributed by atoms with Gasteiger partial charge in [-0.15, -0.1) is 0 Å². The molecule has 0 unspecified atom stereocenters. The van der Waals surface area contributed by atoms with Gasteiger partial charge >= 0.3 is 0 Å². The molecule has 0 spiro atoms. The van der Waals surface area contributed by atoms with E-state index in [1.54, 1.807) is 0 Å². The van der Waals surface area contributed by atoms with Crippen molar-refractivity contribution in [2.75, 3.05) is 0 Å². The maximum Gasteiger partial charge on any atom is -0.00988 e.